The minimum atomic E-state index is 0.00481. The Hall–Kier alpha value is -1.55. The molecular formula is C16H25NO3. The first-order valence-electron chi connectivity index (χ1n) is 7.19. The quantitative estimate of drug-likeness (QED) is 0.794. The first-order valence-corrected chi connectivity index (χ1v) is 7.19. The molecule has 0 aromatic heterocycles. The Morgan fingerprint density at radius 3 is 2.30 bits per heavy atom. The number of benzene rings is 1. The van der Waals surface area contributed by atoms with Crippen LogP contribution in [0.25, 0.3) is 0 Å². The van der Waals surface area contributed by atoms with Crippen LogP contribution in [0.1, 0.15) is 32.3 Å². The molecule has 0 bridgehead atoms. The molecule has 0 aliphatic heterocycles. The number of ether oxygens (including phenoxy) is 1. The molecule has 0 radical (unpaired) electrons. The van der Waals surface area contributed by atoms with Crippen molar-refractivity contribution in [1.82, 2.24) is 4.90 Å². The molecule has 0 fully saturated rings. The highest BCUT2D eigenvalue weighted by Crippen LogP contribution is 2.14. The van der Waals surface area contributed by atoms with Crippen molar-refractivity contribution >= 4 is 5.91 Å². The summed E-state index contributed by atoms with van der Waals surface area (Å²) in [6.45, 7) is 4.55. The van der Waals surface area contributed by atoms with Crippen LogP contribution in [0.15, 0.2) is 24.3 Å². The first kappa shape index (κ1) is 16.5. The number of rotatable bonds is 8. The van der Waals surface area contributed by atoms with Crippen molar-refractivity contribution in [2.45, 2.75) is 39.2 Å². The summed E-state index contributed by atoms with van der Waals surface area (Å²) in [5, 5.41) is 9.15. The molecule has 4 heteroatoms. The molecule has 4 nitrogen and oxygen atoms in total. The van der Waals surface area contributed by atoms with Gasteiger partial charge in [-0.1, -0.05) is 26.0 Å². The van der Waals surface area contributed by atoms with E-state index in [4.69, 9.17) is 9.84 Å². The molecule has 1 aromatic rings. The SMILES string of the molecule is CCC(CC)N(CCO)C(=O)Cc1ccc(OC)cc1. The molecule has 0 unspecified atom stereocenters. The lowest BCUT2D eigenvalue weighted by Crippen LogP contribution is -2.42. The summed E-state index contributed by atoms with van der Waals surface area (Å²) in [6, 6.07) is 7.72. The van der Waals surface area contributed by atoms with Crippen LogP contribution >= 0.6 is 0 Å². The van der Waals surface area contributed by atoms with E-state index in [-0.39, 0.29) is 18.6 Å². The summed E-state index contributed by atoms with van der Waals surface area (Å²) in [7, 11) is 1.62. The highest BCUT2D eigenvalue weighted by molar-refractivity contribution is 5.79. The highest BCUT2D eigenvalue weighted by Gasteiger charge is 2.20. The van der Waals surface area contributed by atoms with Gasteiger partial charge in [0.2, 0.25) is 5.91 Å². The number of aliphatic hydroxyl groups is 1. The average Bonchev–Trinajstić information content (AvgIpc) is 2.48. The highest BCUT2D eigenvalue weighted by atomic mass is 16.5. The van der Waals surface area contributed by atoms with Crippen molar-refractivity contribution < 1.29 is 14.6 Å². The van der Waals surface area contributed by atoms with Gasteiger partial charge in [0.25, 0.3) is 0 Å². The topological polar surface area (TPSA) is 49.8 Å². The molecule has 1 aromatic carbocycles. The monoisotopic (exact) mass is 279 g/mol. The van der Waals surface area contributed by atoms with Crippen LogP contribution in [-0.2, 0) is 11.2 Å². The fraction of sp³-hybridized carbons (Fsp3) is 0.562. The van der Waals surface area contributed by atoms with Crippen molar-refractivity contribution in [3.05, 3.63) is 29.8 Å². The predicted molar refractivity (Wildman–Crippen MR) is 79.9 cm³/mol. The molecule has 20 heavy (non-hydrogen) atoms. The Morgan fingerprint density at radius 1 is 1.25 bits per heavy atom. The lowest BCUT2D eigenvalue weighted by molar-refractivity contribution is -0.133. The maximum absolute atomic E-state index is 12.4. The second-order valence-corrected chi connectivity index (χ2v) is 4.81. The van der Waals surface area contributed by atoms with E-state index in [2.05, 4.69) is 13.8 Å². The number of amides is 1. The molecule has 1 N–H and O–H groups in total. The molecular weight excluding hydrogens is 254 g/mol. The summed E-state index contributed by atoms with van der Waals surface area (Å²) in [5.41, 5.74) is 0.963. The van der Waals surface area contributed by atoms with Gasteiger partial charge >= 0.3 is 0 Å². The van der Waals surface area contributed by atoms with Crippen molar-refractivity contribution in [1.29, 1.82) is 0 Å². The summed E-state index contributed by atoms with van der Waals surface area (Å²) < 4.78 is 5.10. The third-order valence-corrected chi connectivity index (χ3v) is 3.56. The number of carbonyl (C=O) groups excluding carboxylic acids is 1. The number of methoxy groups -OCH3 is 1. The van der Waals surface area contributed by atoms with Gasteiger partial charge in [0, 0.05) is 12.6 Å². The van der Waals surface area contributed by atoms with E-state index in [1.54, 1.807) is 12.0 Å². The molecule has 0 saturated carbocycles. The Kier molecular flexibility index (Phi) is 7.09. The number of aliphatic hydroxyl groups excluding tert-OH is 1. The van der Waals surface area contributed by atoms with Crippen LogP contribution in [0.2, 0.25) is 0 Å². The maximum Gasteiger partial charge on any atom is 0.227 e. The molecule has 0 spiro atoms. The number of carbonyl (C=O) groups is 1. The summed E-state index contributed by atoms with van der Waals surface area (Å²) in [6.07, 6.45) is 2.18. The van der Waals surface area contributed by atoms with E-state index in [0.717, 1.165) is 24.2 Å². The fourth-order valence-electron chi connectivity index (χ4n) is 2.37. The predicted octanol–water partition coefficient (Wildman–Crippen LogP) is 2.25. The van der Waals surface area contributed by atoms with Crippen LogP contribution in [0.5, 0.6) is 5.75 Å². The van der Waals surface area contributed by atoms with E-state index in [9.17, 15) is 4.79 Å². The zero-order valence-corrected chi connectivity index (χ0v) is 12.6. The molecule has 112 valence electrons. The number of nitrogens with zero attached hydrogens (tertiary/aromatic N) is 1. The maximum atomic E-state index is 12.4. The minimum Gasteiger partial charge on any atom is -0.497 e. The van der Waals surface area contributed by atoms with Gasteiger partial charge in [-0.25, -0.2) is 0 Å². The Labute approximate surface area is 121 Å². The van der Waals surface area contributed by atoms with E-state index in [1.165, 1.54) is 0 Å². The molecule has 0 heterocycles. The normalized spacial score (nSPS) is 10.7. The molecule has 0 aliphatic carbocycles. The Balaban J connectivity index is 2.73. The van der Waals surface area contributed by atoms with Gasteiger partial charge in [-0.2, -0.15) is 0 Å². The molecule has 0 saturated heterocycles. The van der Waals surface area contributed by atoms with Gasteiger partial charge in [0.15, 0.2) is 0 Å². The third-order valence-electron chi connectivity index (χ3n) is 3.56. The summed E-state index contributed by atoms with van der Waals surface area (Å²) >= 11 is 0. The van der Waals surface area contributed by atoms with Gasteiger partial charge in [0.05, 0.1) is 20.1 Å². The van der Waals surface area contributed by atoms with Crippen molar-refractivity contribution in [2.75, 3.05) is 20.3 Å². The Bertz CT molecular complexity index is 399. The van der Waals surface area contributed by atoms with Crippen LogP contribution < -0.4 is 4.74 Å². The zero-order valence-electron chi connectivity index (χ0n) is 12.6. The molecule has 0 atom stereocenters. The van der Waals surface area contributed by atoms with Crippen molar-refractivity contribution in [3.63, 3.8) is 0 Å². The zero-order chi connectivity index (χ0) is 15.0. The number of hydrogen-bond donors (Lipinski definition) is 1. The second-order valence-electron chi connectivity index (χ2n) is 4.81. The largest absolute Gasteiger partial charge is 0.497 e. The van der Waals surface area contributed by atoms with Gasteiger partial charge < -0.3 is 14.7 Å². The summed E-state index contributed by atoms with van der Waals surface area (Å²) in [4.78, 5) is 14.2. The molecule has 1 rings (SSSR count). The van der Waals surface area contributed by atoms with Gasteiger partial charge in [-0.3, -0.25) is 4.79 Å². The number of hydrogen-bond acceptors (Lipinski definition) is 3. The molecule has 1 amide bonds. The van der Waals surface area contributed by atoms with E-state index < -0.39 is 0 Å². The van der Waals surface area contributed by atoms with E-state index in [0.29, 0.717) is 13.0 Å². The van der Waals surface area contributed by atoms with Crippen LogP contribution in [0, 0.1) is 0 Å². The minimum absolute atomic E-state index is 0.00481. The smallest absolute Gasteiger partial charge is 0.227 e. The summed E-state index contributed by atoms with van der Waals surface area (Å²) in [5.74, 6) is 0.853. The standard InChI is InChI=1S/C16H25NO3/c1-4-14(5-2)17(10-11-18)16(19)12-13-6-8-15(20-3)9-7-13/h6-9,14,18H,4-5,10-12H2,1-3H3. The van der Waals surface area contributed by atoms with E-state index in [1.807, 2.05) is 24.3 Å². The van der Waals surface area contributed by atoms with Gasteiger partial charge in [-0.05, 0) is 30.5 Å². The van der Waals surface area contributed by atoms with Gasteiger partial charge in [0.1, 0.15) is 5.75 Å². The van der Waals surface area contributed by atoms with Crippen LogP contribution in [0.4, 0.5) is 0 Å². The second kappa shape index (κ2) is 8.59. The van der Waals surface area contributed by atoms with Crippen molar-refractivity contribution in [3.8, 4) is 5.75 Å². The third kappa shape index (κ3) is 4.53. The van der Waals surface area contributed by atoms with Crippen LogP contribution in [-0.4, -0.2) is 42.2 Å². The van der Waals surface area contributed by atoms with Crippen molar-refractivity contribution in [2.24, 2.45) is 0 Å². The average molecular weight is 279 g/mol. The lowest BCUT2D eigenvalue weighted by atomic mass is 10.1. The van der Waals surface area contributed by atoms with Crippen LogP contribution in [0.3, 0.4) is 0 Å². The van der Waals surface area contributed by atoms with Gasteiger partial charge in [-0.15, -0.1) is 0 Å². The first-order chi connectivity index (χ1) is 9.65. The molecule has 0 aliphatic rings. The Morgan fingerprint density at radius 2 is 1.85 bits per heavy atom. The lowest BCUT2D eigenvalue weighted by Gasteiger charge is -2.30. The van der Waals surface area contributed by atoms with E-state index >= 15 is 0 Å². The fourth-order valence-corrected chi connectivity index (χ4v) is 2.37.